The Labute approximate surface area is 95.9 Å². The highest BCUT2D eigenvalue weighted by molar-refractivity contribution is 9.10. The lowest BCUT2D eigenvalue weighted by molar-refractivity contribution is 1.55. The first-order valence-electron chi connectivity index (χ1n) is 4.72. The molecule has 0 nitrogen and oxygen atoms in total. The van der Waals surface area contributed by atoms with Gasteiger partial charge in [0.25, 0.3) is 0 Å². The SMILES string of the molecule is C[Si](C)(C)CC#Cc1ccc(Br)cc1. The van der Waals surface area contributed by atoms with Crippen molar-refractivity contribution in [3.8, 4) is 11.8 Å². The normalized spacial score (nSPS) is 10.6. The van der Waals surface area contributed by atoms with E-state index in [1.54, 1.807) is 0 Å². The van der Waals surface area contributed by atoms with Crippen molar-refractivity contribution in [1.29, 1.82) is 0 Å². The van der Waals surface area contributed by atoms with Crippen molar-refractivity contribution in [2.24, 2.45) is 0 Å². The molecular formula is C12H15BrSi. The largest absolute Gasteiger partial charge is 0.101 e. The van der Waals surface area contributed by atoms with Gasteiger partial charge in [0.1, 0.15) is 0 Å². The van der Waals surface area contributed by atoms with Crippen LogP contribution in [0.2, 0.25) is 25.7 Å². The first-order valence-corrected chi connectivity index (χ1v) is 9.22. The van der Waals surface area contributed by atoms with Crippen molar-refractivity contribution in [2.75, 3.05) is 0 Å². The van der Waals surface area contributed by atoms with Gasteiger partial charge in [-0.05, 0) is 24.3 Å². The smallest absolute Gasteiger partial charge is 0.0573 e. The summed E-state index contributed by atoms with van der Waals surface area (Å²) in [6, 6.07) is 9.21. The topological polar surface area (TPSA) is 0 Å². The zero-order chi connectivity index (χ0) is 10.6. The molecule has 2 heteroatoms. The minimum absolute atomic E-state index is 1.00. The molecule has 0 aliphatic carbocycles. The Morgan fingerprint density at radius 2 is 1.71 bits per heavy atom. The van der Waals surface area contributed by atoms with Gasteiger partial charge in [0.05, 0.1) is 8.07 Å². The van der Waals surface area contributed by atoms with Crippen molar-refractivity contribution < 1.29 is 0 Å². The Morgan fingerprint density at radius 1 is 1.14 bits per heavy atom. The maximum absolute atomic E-state index is 3.40. The van der Waals surface area contributed by atoms with Gasteiger partial charge in [-0.1, -0.05) is 41.5 Å². The van der Waals surface area contributed by atoms with Gasteiger partial charge in [-0.2, -0.15) is 0 Å². The number of halogens is 1. The third-order valence-corrected chi connectivity index (χ3v) is 3.46. The number of benzene rings is 1. The van der Waals surface area contributed by atoms with E-state index < -0.39 is 8.07 Å². The summed E-state index contributed by atoms with van der Waals surface area (Å²) in [4.78, 5) is 0. The fourth-order valence-corrected chi connectivity index (χ4v) is 1.83. The van der Waals surface area contributed by atoms with E-state index in [-0.39, 0.29) is 0 Å². The predicted molar refractivity (Wildman–Crippen MR) is 69.2 cm³/mol. The third kappa shape index (κ3) is 4.64. The van der Waals surface area contributed by atoms with Crippen LogP contribution in [0.25, 0.3) is 0 Å². The lowest BCUT2D eigenvalue weighted by Gasteiger charge is -2.09. The highest BCUT2D eigenvalue weighted by Crippen LogP contribution is 2.10. The molecule has 0 radical (unpaired) electrons. The zero-order valence-electron chi connectivity index (χ0n) is 8.89. The molecule has 1 rings (SSSR count). The average Bonchev–Trinajstić information content (AvgIpc) is 2.06. The highest BCUT2D eigenvalue weighted by Gasteiger charge is 2.09. The van der Waals surface area contributed by atoms with Crippen molar-refractivity contribution >= 4 is 24.0 Å². The molecule has 0 atom stereocenters. The first-order chi connectivity index (χ1) is 6.47. The van der Waals surface area contributed by atoms with Crippen LogP contribution < -0.4 is 0 Å². The molecule has 0 unspecified atom stereocenters. The molecular weight excluding hydrogens is 252 g/mol. The van der Waals surface area contributed by atoms with E-state index in [9.17, 15) is 0 Å². The van der Waals surface area contributed by atoms with Crippen molar-refractivity contribution in [3.63, 3.8) is 0 Å². The Bertz CT molecular complexity index is 349. The first kappa shape index (κ1) is 11.6. The Morgan fingerprint density at radius 3 is 2.21 bits per heavy atom. The molecule has 0 aliphatic heterocycles. The fraction of sp³-hybridized carbons (Fsp3) is 0.333. The van der Waals surface area contributed by atoms with E-state index >= 15 is 0 Å². The van der Waals surface area contributed by atoms with Crippen LogP contribution in [0.1, 0.15) is 5.56 Å². The van der Waals surface area contributed by atoms with Gasteiger partial charge in [0, 0.05) is 16.1 Å². The summed E-state index contributed by atoms with van der Waals surface area (Å²) in [5.41, 5.74) is 1.10. The maximum Gasteiger partial charge on any atom is 0.0573 e. The summed E-state index contributed by atoms with van der Waals surface area (Å²) >= 11 is 3.40. The van der Waals surface area contributed by atoms with Gasteiger partial charge in [0.15, 0.2) is 0 Å². The van der Waals surface area contributed by atoms with Crippen LogP contribution in [0, 0.1) is 11.8 Å². The lowest BCUT2D eigenvalue weighted by atomic mass is 10.2. The van der Waals surface area contributed by atoms with E-state index in [1.807, 2.05) is 24.3 Å². The summed E-state index contributed by atoms with van der Waals surface area (Å²) in [6.07, 6.45) is 0. The van der Waals surface area contributed by atoms with Crippen molar-refractivity contribution in [2.45, 2.75) is 25.7 Å². The maximum atomic E-state index is 3.40. The molecule has 0 spiro atoms. The van der Waals surface area contributed by atoms with Crippen LogP contribution in [0.15, 0.2) is 28.7 Å². The molecule has 1 aromatic rings. The van der Waals surface area contributed by atoms with E-state index in [4.69, 9.17) is 0 Å². The minimum atomic E-state index is -1.00. The van der Waals surface area contributed by atoms with Gasteiger partial charge in [-0.3, -0.25) is 0 Å². The number of hydrogen-bond acceptors (Lipinski definition) is 0. The molecule has 0 aromatic heterocycles. The van der Waals surface area contributed by atoms with Gasteiger partial charge in [-0.15, -0.1) is 5.92 Å². The summed E-state index contributed by atoms with van der Waals surface area (Å²) in [5, 5.41) is 0. The van der Waals surface area contributed by atoms with E-state index in [2.05, 4.69) is 47.4 Å². The molecule has 0 fully saturated rings. The summed E-state index contributed by atoms with van der Waals surface area (Å²) < 4.78 is 1.10. The van der Waals surface area contributed by atoms with Crippen molar-refractivity contribution in [3.05, 3.63) is 34.3 Å². The van der Waals surface area contributed by atoms with E-state index in [0.717, 1.165) is 16.1 Å². The second-order valence-corrected chi connectivity index (χ2v) is 10.9. The predicted octanol–water partition coefficient (Wildman–Crippen LogP) is 4.14. The monoisotopic (exact) mass is 266 g/mol. The van der Waals surface area contributed by atoms with Crippen LogP contribution >= 0.6 is 15.9 Å². The second kappa shape index (κ2) is 4.81. The Hall–Kier alpha value is -0.523. The molecule has 0 aliphatic rings. The van der Waals surface area contributed by atoms with Crippen LogP contribution in [0.3, 0.4) is 0 Å². The summed E-state index contributed by atoms with van der Waals surface area (Å²) in [7, 11) is -1.00. The van der Waals surface area contributed by atoms with Crippen molar-refractivity contribution in [1.82, 2.24) is 0 Å². The molecule has 1 aromatic carbocycles. The van der Waals surface area contributed by atoms with Crippen LogP contribution in [-0.2, 0) is 0 Å². The van der Waals surface area contributed by atoms with Gasteiger partial charge in [0.2, 0.25) is 0 Å². The van der Waals surface area contributed by atoms with E-state index in [0.29, 0.717) is 0 Å². The molecule has 0 saturated heterocycles. The van der Waals surface area contributed by atoms with Gasteiger partial charge < -0.3 is 0 Å². The molecule has 0 N–H and O–H groups in total. The summed E-state index contributed by atoms with van der Waals surface area (Å²) in [6.45, 7) is 7.01. The third-order valence-electron chi connectivity index (χ3n) is 1.70. The molecule has 0 heterocycles. The quantitative estimate of drug-likeness (QED) is 0.530. The molecule has 74 valence electrons. The Kier molecular flexibility index (Phi) is 3.97. The molecule has 0 amide bonds. The molecule has 14 heavy (non-hydrogen) atoms. The highest BCUT2D eigenvalue weighted by atomic mass is 79.9. The van der Waals surface area contributed by atoms with Gasteiger partial charge >= 0.3 is 0 Å². The lowest BCUT2D eigenvalue weighted by Crippen LogP contribution is -2.17. The molecule has 0 saturated carbocycles. The molecule has 0 bridgehead atoms. The summed E-state index contributed by atoms with van der Waals surface area (Å²) in [5.74, 6) is 6.45. The van der Waals surface area contributed by atoms with E-state index in [1.165, 1.54) is 0 Å². The number of hydrogen-bond donors (Lipinski definition) is 0. The standard InChI is InChI=1S/C12H15BrSi/c1-14(2,3)10-4-5-11-6-8-12(13)9-7-11/h6-9H,10H2,1-3H3. The number of rotatable bonds is 1. The second-order valence-electron chi connectivity index (χ2n) is 4.55. The fourth-order valence-electron chi connectivity index (χ4n) is 0.945. The van der Waals surface area contributed by atoms with Gasteiger partial charge in [-0.25, -0.2) is 0 Å². The zero-order valence-corrected chi connectivity index (χ0v) is 11.5. The van der Waals surface area contributed by atoms with Crippen LogP contribution in [0.5, 0.6) is 0 Å². The minimum Gasteiger partial charge on any atom is -0.101 e. The average molecular weight is 267 g/mol. The van der Waals surface area contributed by atoms with Crippen LogP contribution in [0.4, 0.5) is 0 Å². The van der Waals surface area contributed by atoms with Crippen LogP contribution in [-0.4, -0.2) is 8.07 Å². The Balaban J connectivity index is 2.64.